The van der Waals surface area contributed by atoms with E-state index in [2.05, 4.69) is 21.5 Å². The van der Waals surface area contributed by atoms with Crippen LogP contribution in [0, 0.1) is 0 Å². The fraction of sp³-hybridized carbons (Fsp3) is 0.611. The average Bonchev–Trinajstić information content (AvgIpc) is 3.28. The summed E-state index contributed by atoms with van der Waals surface area (Å²) in [6, 6.07) is 0. The second-order valence-corrected chi connectivity index (χ2v) is 6.45. The number of hydrogen-bond acceptors (Lipinski definition) is 4. The van der Waals surface area contributed by atoms with Gasteiger partial charge < -0.3 is 18.8 Å². The third kappa shape index (κ3) is 4.10. The lowest BCUT2D eigenvalue weighted by Crippen LogP contribution is -2.40. The number of imidazole rings is 2. The normalized spacial score (nSPS) is 15.7. The lowest BCUT2D eigenvalue weighted by atomic mass is 9.96. The molecule has 2 aromatic heterocycles. The maximum absolute atomic E-state index is 12.6. The maximum Gasteiger partial charge on any atom is 0.242 e. The van der Waals surface area contributed by atoms with Crippen molar-refractivity contribution >= 4 is 5.91 Å². The van der Waals surface area contributed by atoms with Gasteiger partial charge in [0, 0.05) is 63.9 Å². The highest BCUT2D eigenvalue weighted by molar-refractivity contribution is 5.76. The summed E-state index contributed by atoms with van der Waals surface area (Å²) in [7, 11) is 1.71. The number of carbonyl (C=O) groups is 1. The van der Waals surface area contributed by atoms with Crippen LogP contribution in [-0.4, -0.2) is 56.7 Å². The molecule has 1 aliphatic heterocycles. The number of piperidine rings is 1. The Kier molecular flexibility index (Phi) is 5.86. The molecule has 1 fully saturated rings. The van der Waals surface area contributed by atoms with Crippen LogP contribution >= 0.6 is 0 Å². The third-order valence-corrected chi connectivity index (χ3v) is 4.92. The summed E-state index contributed by atoms with van der Waals surface area (Å²) >= 11 is 0. The van der Waals surface area contributed by atoms with Gasteiger partial charge in [0.1, 0.15) is 18.2 Å². The number of carbonyl (C=O) groups excluding carboxylic acids is 1. The van der Waals surface area contributed by atoms with Crippen LogP contribution in [0.3, 0.4) is 0 Å². The second-order valence-electron chi connectivity index (χ2n) is 6.45. The Morgan fingerprint density at radius 1 is 1.20 bits per heavy atom. The van der Waals surface area contributed by atoms with Gasteiger partial charge in [-0.3, -0.25) is 4.79 Å². The van der Waals surface area contributed by atoms with Crippen molar-refractivity contribution in [2.75, 3.05) is 26.8 Å². The lowest BCUT2D eigenvalue weighted by molar-refractivity contribution is -0.132. The van der Waals surface area contributed by atoms with Crippen molar-refractivity contribution in [2.24, 2.45) is 0 Å². The number of aryl methyl sites for hydroxylation is 1. The van der Waals surface area contributed by atoms with E-state index in [0.717, 1.165) is 50.5 Å². The molecule has 0 N–H and O–H groups in total. The van der Waals surface area contributed by atoms with Gasteiger partial charge in [0.05, 0.1) is 6.61 Å². The van der Waals surface area contributed by atoms with Gasteiger partial charge in [0.25, 0.3) is 0 Å². The van der Waals surface area contributed by atoms with Crippen molar-refractivity contribution in [2.45, 2.75) is 45.2 Å². The van der Waals surface area contributed by atoms with Crippen LogP contribution in [0.1, 0.15) is 37.3 Å². The third-order valence-electron chi connectivity index (χ3n) is 4.92. The largest absolute Gasteiger partial charge is 0.383 e. The molecular weight excluding hydrogens is 318 g/mol. The smallest absolute Gasteiger partial charge is 0.242 e. The van der Waals surface area contributed by atoms with E-state index in [9.17, 15) is 4.79 Å². The summed E-state index contributed by atoms with van der Waals surface area (Å²) in [6.07, 6.45) is 10.3. The summed E-state index contributed by atoms with van der Waals surface area (Å²) in [4.78, 5) is 23.4. The quantitative estimate of drug-likeness (QED) is 0.766. The summed E-state index contributed by atoms with van der Waals surface area (Å²) < 4.78 is 9.29. The molecule has 0 aromatic carbocycles. The molecule has 0 saturated carbocycles. The minimum absolute atomic E-state index is 0.175. The van der Waals surface area contributed by atoms with Crippen LogP contribution in [0.25, 0.3) is 0 Å². The van der Waals surface area contributed by atoms with E-state index in [-0.39, 0.29) is 5.91 Å². The predicted molar refractivity (Wildman–Crippen MR) is 94.3 cm³/mol. The van der Waals surface area contributed by atoms with E-state index in [0.29, 0.717) is 19.1 Å². The highest BCUT2D eigenvalue weighted by Gasteiger charge is 2.26. The van der Waals surface area contributed by atoms with Crippen molar-refractivity contribution in [3.63, 3.8) is 0 Å². The summed E-state index contributed by atoms with van der Waals surface area (Å²) in [5.41, 5.74) is 0. The van der Waals surface area contributed by atoms with Gasteiger partial charge in [-0.05, 0) is 12.8 Å². The Hall–Kier alpha value is -2.15. The molecule has 1 saturated heterocycles. The zero-order chi connectivity index (χ0) is 17.6. The zero-order valence-electron chi connectivity index (χ0n) is 15.1. The Balaban J connectivity index is 1.55. The zero-order valence-corrected chi connectivity index (χ0v) is 15.1. The Bertz CT molecular complexity index is 685. The number of likely N-dealkylation sites (tertiary alicyclic amines) is 1. The Morgan fingerprint density at radius 3 is 2.64 bits per heavy atom. The summed E-state index contributed by atoms with van der Waals surface area (Å²) in [6.45, 7) is 5.53. The molecule has 25 heavy (non-hydrogen) atoms. The fourth-order valence-corrected chi connectivity index (χ4v) is 3.49. The summed E-state index contributed by atoms with van der Waals surface area (Å²) in [5.74, 6) is 2.67. The molecule has 0 aliphatic carbocycles. The van der Waals surface area contributed by atoms with Gasteiger partial charge in [-0.1, -0.05) is 6.92 Å². The molecule has 1 amide bonds. The topological polar surface area (TPSA) is 65.2 Å². The van der Waals surface area contributed by atoms with E-state index >= 15 is 0 Å². The number of ether oxygens (including phenoxy) is 1. The molecule has 1 aliphatic rings. The molecule has 0 unspecified atom stereocenters. The first kappa shape index (κ1) is 17.7. The van der Waals surface area contributed by atoms with Crippen molar-refractivity contribution in [3.8, 4) is 0 Å². The van der Waals surface area contributed by atoms with Gasteiger partial charge in [-0.2, -0.15) is 0 Å². The van der Waals surface area contributed by atoms with E-state index < -0.39 is 0 Å². The standard InChI is InChI=1S/C18H27N5O2/c1-3-16-19-6-11-23(16)14-17(24)21-8-4-15(5-9-21)18-20-7-10-22(18)12-13-25-2/h6-7,10-11,15H,3-5,8-9,12-14H2,1-2H3. The minimum atomic E-state index is 0.175. The number of methoxy groups -OCH3 is 1. The van der Waals surface area contributed by atoms with Gasteiger partial charge >= 0.3 is 0 Å². The number of rotatable bonds is 7. The molecule has 3 heterocycles. The van der Waals surface area contributed by atoms with Crippen molar-refractivity contribution in [1.29, 1.82) is 0 Å². The minimum Gasteiger partial charge on any atom is -0.383 e. The Morgan fingerprint density at radius 2 is 1.92 bits per heavy atom. The first-order chi connectivity index (χ1) is 12.2. The maximum atomic E-state index is 12.6. The van der Waals surface area contributed by atoms with E-state index in [1.807, 2.05) is 28.1 Å². The first-order valence-corrected chi connectivity index (χ1v) is 9.00. The molecule has 0 atom stereocenters. The highest BCUT2D eigenvalue weighted by atomic mass is 16.5. The predicted octanol–water partition coefficient (Wildman–Crippen LogP) is 1.69. The van der Waals surface area contributed by atoms with Crippen molar-refractivity contribution < 1.29 is 9.53 Å². The van der Waals surface area contributed by atoms with Gasteiger partial charge in [-0.15, -0.1) is 0 Å². The van der Waals surface area contributed by atoms with Crippen LogP contribution in [0.5, 0.6) is 0 Å². The molecule has 0 bridgehead atoms. The highest BCUT2D eigenvalue weighted by Crippen LogP contribution is 2.27. The first-order valence-electron chi connectivity index (χ1n) is 9.00. The van der Waals surface area contributed by atoms with Crippen LogP contribution < -0.4 is 0 Å². The SMILES string of the molecule is CCc1nccn1CC(=O)N1CCC(c2nccn2CCOC)CC1. The molecule has 7 nitrogen and oxygen atoms in total. The number of nitrogens with zero attached hydrogens (tertiary/aromatic N) is 5. The van der Waals surface area contributed by atoms with Crippen LogP contribution in [0.4, 0.5) is 0 Å². The molecule has 136 valence electrons. The molecular formula is C18H27N5O2. The monoisotopic (exact) mass is 345 g/mol. The van der Waals surface area contributed by atoms with Crippen molar-refractivity contribution in [1.82, 2.24) is 24.0 Å². The number of hydrogen-bond donors (Lipinski definition) is 0. The molecule has 0 spiro atoms. The molecule has 7 heteroatoms. The molecule has 3 rings (SSSR count). The van der Waals surface area contributed by atoms with Gasteiger partial charge in [0.2, 0.25) is 5.91 Å². The second kappa shape index (κ2) is 8.29. The van der Waals surface area contributed by atoms with Gasteiger partial charge in [-0.25, -0.2) is 9.97 Å². The molecule has 0 radical (unpaired) electrons. The van der Waals surface area contributed by atoms with Crippen molar-refractivity contribution in [3.05, 3.63) is 36.4 Å². The van der Waals surface area contributed by atoms with E-state index in [4.69, 9.17) is 4.74 Å². The molecule has 2 aromatic rings. The fourth-order valence-electron chi connectivity index (χ4n) is 3.49. The van der Waals surface area contributed by atoms with E-state index in [1.165, 1.54) is 0 Å². The lowest BCUT2D eigenvalue weighted by Gasteiger charge is -2.32. The number of amides is 1. The van der Waals surface area contributed by atoms with Crippen LogP contribution in [-0.2, 0) is 29.0 Å². The average molecular weight is 345 g/mol. The Labute approximate surface area is 148 Å². The summed E-state index contributed by atoms with van der Waals surface area (Å²) in [5, 5.41) is 0. The van der Waals surface area contributed by atoms with E-state index in [1.54, 1.807) is 13.3 Å². The van der Waals surface area contributed by atoms with Crippen LogP contribution in [0.15, 0.2) is 24.8 Å². The van der Waals surface area contributed by atoms with Crippen LogP contribution in [0.2, 0.25) is 0 Å². The number of aromatic nitrogens is 4. The van der Waals surface area contributed by atoms with Gasteiger partial charge in [0.15, 0.2) is 0 Å².